The van der Waals surface area contributed by atoms with E-state index in [1.165, 1.54) is 0 Å². The first-order valence-corrected chi connectivity index (χ1v) is 9.54. The van der Waals surface area contributed by atoms with E-state index in [0.717, 1.165) is 17.7 Å². The van der Waals surface area contributed by atoms with Crippen molar-refractivity contribution in [3.05, 3.63) is 76.2 Å². The third-order valence-electron chi connectivity index (χ3n) is 5.14. The third-order valence-corrected chi connectivity index (χ3v) is 5.14. The Bertz CT molecular complexity index is 1050. The summed E-state index contributed by atoms with van der Waals surface area (Å²) in [6.07, 6.45) is 6.80. The zero-order valence-corrected chi connectivity index (χ0v) is 16.1. The summed E-state index contributed by atoms with van der Waals surface area (Å²) in [4.78, 5) is 43.1. The van der Waals surface area contributed by atoms with Crippen molar-refractivity contribution in [2.75, 3.05) is 19.6 Å². The van der Waals surface area contributed by atoms with E-state index in [1.807, 2.05) is 17.0 Å². The van der Waals surface area contributed by atoms with E-state index >= 15 is 0 Å². The van der Waals surface area contributed by atoms with Crippen LogP contribution in [-0.4, -0.2) is 50.4 Å². The predicted molar refractivity (Wildman–Crippen MR) is 108 cm³/mol. The minimum atomic E-state index is -0.286. The standard InChI is InChI=1S/C21H22N6O2/c1-14-17(21(29)26-20(25-14)15-4-7-22-8-5-15)11-19(28)27-10-9-24-13-18(27)16-3-2-6-23-12-16/h2-8,12,18,24H,9-11,13H2,1H3,(H,25,26,29). The van der Waals surface area contributed by atoms with Gasteiger partial charge in [-0.15, -0.1) is 0 Å². The van der Waals surface area contributed by atoms with E-state index in [1.54, 1.807) is 43.8 Å². The zero-order valence-electron chi connectivity index (χ0n) is 16.1. The van der Waals surface area contributed by atoms with E-state index in [4.69, 9.17) is 0 Å². The fraction of sp³-hybridized carbons (Fsp3) is 0.286. The van der Waals surface area contributed by atoms with Crippen molar-refractivity contribution in [2.45, 2.75) is 19.4 Å². The molecule has 1 aliphatic rings. The van der Waals surface area contributed by atoms with Gasteiger partial charge < -0.3 is 15.2 Å². The summed E-state index contributed by atoms with van der Waals surface area (Å²) >= 11 is 0. The largest absolute Gasteiger partial charge is 0.333 e. The SMILES string of the molecule is Cc1nc(-c2ccncc2)[nH]c(=O)c1CC(=O)N1CCNCC1c1cccnc1. The molecule has 0 aromatic carbocycles. The number of aromatic amines is 1. The molecule has 2 N–H and O–H groups in total. The number of nitrogens with one attached hydrogen (secondary N) is 2. The normalized spacial score (nSPS) is 16.6. The molecule has 1 saturated heterocycles. The first kappa shape index (κ1) is 18.9. The monoisotopic (exact) mass is 390 g/mol. The van der Waals surface area contributed by atoms with E-state index in [9.17, 15) is 9.59 Å². The molecule has 0 spiro atoms. The predicted octanol–water partition coefficient (Wildman–Crippen LogP) is 1.25. The molecule has 1 aliphatic heterocycles. The lowest BCUT2D eigenvalue weighted by molar-refractivity contribution is -0.133. The highest BCUT2D eigenvalue weighted by molar-refractivity contribution is 5.79. The van der Waals surface area contributed by atoms with Gasteiger partial charge in [0.2, 0.25) is 5.91 Å². The van der Waals surface area contributed by atoms with Crippen molar-refractivity contribution in [2.24, 2.45) is 0 Å². The van der Waals surface area contributed by atoms with E-state index in [-0.39, 0.29) is 23.9 Å². The molecule has 1 atom stereocenters. The third kappa shape index (κ3) is 4.07. The van der Waals surface area contributed by atoms with Gasteiger partial charge in [-0.25, -0.2) is 4.98 Å². The van der Waals surface area contributed by atoms with Crippen LogP contribution >= 0.6 is 0 Å². The topological polar surface area (TPSA) is 104 Å². The Labute approximate surface area is 168 Å². The number of nitrogens with zero attached hydrogens (tertiary/aromatic N) is 4. The highest BCUT2D eigenvalue weighted by Gasteiger charge is 2.29. The van der Waals surface area contributed by atoms with Gasteiger partial charge in [0.1, 0.15) is 5.82 Å². The number of piperazine rings is 1. The molecule has 8 nitrogen and oxygen atoms in total. The molecule has 0 saturated carbocycles. The summed E-state index contributed by atoms with van der Waals surface area (Å²) in [7, 11) is 0. The number of hydrogen-bond acceptors (Lipinski definition) is 6. The number of rotatable bonds is 4. The molecule has 0 radical (unpaired) electrons. The van der Waals surface area contributed by atoms with Crippen molar-refractivity contribution in [3.8, 4) is 11.4 Å². The lowest BCUT2D eigenvalue weighted by Crippen LogP contribution is -2.49. The van der Waals surface area contributed by atoms with Gasteiger partial charge in [-0.2, -0.15) is 0 Å². The number of aromatic nitrogens is 4. The van der Waals surface area contributed by atoms with Gasteiger partial charge in [0.25, 0.3) is 5.56 Å². The van der Waals surface area contributed by atoms with Gasteiger partial charge >= 0.3 is 0 Å². The van der Waals surface area contributed by atoms with E-state index in [2.05, 4.69) is 25.3 Å². The van der Waals surface area contributed by atoms with Crippen molar-refractivity contribution >= 4 is 5.91 Å². The lowest BCUT2D eigenvalue weighted by atomic mass is 10.0. The maximum atomic E-state index is 13.1. The van der Waals surface area contributed by atoms with Gasteiger partial charge in [0.05, 0.1) is 12.5 Å². The summed E-state index contributed by atoms with van der Waals surface area (Å²) in [6, 6.07) is 7.29. The van der Waals surface area contributed by atoms with E-state index < -0.39 is 0 Å². The van der Waals surface area contributed by atoms with Crippen LogP contribution < -0.4 is 10.9 Å². The maximum absolute atomic E-state index is 13.1. The first-order chi connectivity index (χ1) is 14.1. The number of aryl methyl sites for hydroxylation is 1. The molecule has 8 heteroatoms. The second-order valence-electron chi connectivity index (χ2n) is 6.98. The average Bonchev–Trinajstić information content (AvgIpc) is 2.77. The van der Waals surface area contributed by atoms with Crippen LogP contribution in [0.1, 0.15) is 22.9 Å². The van der Waals surface area contributed by atoms with Crippen LogP contribution in [0.25, 0.3) is 11.4 Å². The van der Waals surface area contributed by atoms with Crippen LogP contribution in [-0.2, 0) is 11.2 Å². The van der Waals surface area contributed by atoms with Gasteiger partial charge in [-0.3, -0.25) is 19.6 Å². The molecule has 3 aromatic rings. The maximum Gasteiger partial charge on any atom is 0.255 e. The Morgan fingerprint density at radius 3 is 2.76 bits per heavy atom. The fourth-order valence-corrected chi connectivity index (χ4v) is 3.59. The molecule has 29 heavy (non-hydrogen) atoms. The number of carbonyl (C=O) groups excluding carboxylic acids is 1. The van der Waals surface area contributed by atoms with Crippen molar-refractivity contribution in [1.29, 1.82) is 0 Å². The summed E-state index contributed by atoms with van der Waals surface area (Å²) in [6.45, 7) is 3.72. The molecule has 1 amide bonds. The number of pyridine rings is 2. The second-order valence-corrected chi connectivity index (χ2v) is 6.98. The zero-order chi connectivity index (χ0) is 20.2. The van der Waals surface area contributed by atoms with Crippen LogP contribution in [0.5, 0.6) is 0 Å². The van der Waals surface area contributed by atoms with Gasteiger partial charge in [-0.1, -0.05) is 6.07 Å². The highest BCUT2D eigenvalue weighted by Crippen LogP contribution is 2.22. The molecule has 1 unspecified atom stereocenters. The van der Waals surface area contributed by atoms with Crippen LogP contribution in [0.3, 0.4) is 0 Å². The Morgan fingerprint density at radius 1 is 1.21 bits per heavy atom. The molecule has 0 aliphatic carbocycles. The molecular formula is C21H22N6O2. The van der Waals surface area contributed by atoms with Crippen LogP contribution in [0.4, 0.5) is 0 Å². The van der Waals surface area contributed by atoms with Crippen molar-refractivity contribution in [3.63, 3.8) is 0 Å². The Hall–Kier alpha value is -3.39. The summed E-state index contributed by atoms with van der Waals surface area (Å²) in [5, 5.41) is 3.32. The van der Waals surface area contributed by atoms with Crippen LogP contribution in [0.15, 0.2) is 53.8 Å². The highest BCUT2D eigenvalue weighted by atomic mass is 16.2. The number of carbonyl (C=O) groups is 1. The van der Waals surface area contributed by atoms with Crippen LogP contribution in [0, 0.1) is 6.92 Å². The summed E-state index contributed by atoms with van der Waals surface area (Å²) < 4.78 is 0. The van der Waals surface area contributed by atoms with Gasteiger partial charge in [-0.05, 0) is 30.7 Å². The quantitative estimate of drug-likeness (QED) is 0.695. The summed E-state index contributed by atoms with van der Waals surface area (Å²) in [5.74, 6) is 0.383. The Balaban J connectivity index is 1.58. The Kier molecular flexibility index (Phi) is 5.44. The summed E-state index contributed by atoms with van der Waals surface area (Å²) in [5.41, 5.74) is 2.42. The van der Waals surface area contributed by atoms with Crippen molar-refractivity contribution in [1.82, 2.24) is 30.2 Å². The second kappa shape index (κ2) is 8.32. The number of amides is 1. The van der Waals surface area contributed by atoms with Crippen LogP contribution in [0.2, 0.25) is 0 Å². The lowest BCUT2D eigenvalue weighted by Gasteiger charge is -2.36. The number of hydrogen-bond donors (Lipinski definition) is 2. The minimum absolute atomic E-state index is 0.0154. The van der Waals surface area contributed by atoms with E-state index in [0.29, 0.717) is 30.2 Å². The molecule has 4 rings (SSSR count). The molecule has 148 valence electrons. The molecule has 4 heterocycles. The van der Waals surface area contributed by atoms with Gasteiger partial charge in [0, 0.05) is 61.2 Å². The molecule has 1 fully saturated rings. The molecule has 0 bridgehead atoms. The van der Waals surface area contributed by atoms with Crippen molar-refractivity contribution < 1.29 is 4.79 Å². The average molecular weight is 390 g/mol. The fourth-order valence-electron chi connectivity index (χ4n) is 3.59. The Morgan fingerprint density at radius 2 is 2.03 bits per heavy atom. The first-order valence-electron chi connectivity index (χ1n) is 9.54. The molecule has 3 aromatic heterocycles. The van der Waals surface area contributed by atoms with Gasteiger partial charge in [0.15, 0.2) is 0 Å². The molecular weight excluding hydrogens is 368 g/mol. The smallest absolute Gasteiger partial charge is 0.255 e. The minimum Gasteiger partial charge on any atom is -0.333 e. The number of H-pyrrole nitrogens is 1.